The highest BCUT2D eigenvalue weighted by Gasteiger charge is 2.19. The van der Waals surface area contributed by atoms with Gasteiger partial charge in [-0.25, -0.2) is 4.98 Å². The fourth-order valence-corrected chi connectivity index (χ4v) is 6.72. The maximum atomic E-state index is 6.28. The molecule has 0 fully saturated rings. The minimum Gasteiger partial charge on any atom is -0.456 e. The van der Waals surface area contributed by atoms with Crippen LogP contribution in [0.25, 0.3) is 76.9 Å². The summed E-state index contributed by atoms with van der Waals surface area (Å²) in [6.45, 7) is 0. The minimum absolute atomic E-state index is 0.777. The highest BCUT2D eigenvalue weighted by Crippen LogP contribution is 2.41. The smallest absolute Gasteiger partial charge is 0.137 e. The zero-order valence-corrected chi connectivity index (χ0v) is 24.5. The van der Waals surface area contributed by atoms with Gasteiger partial charge in [-0.2, -0.15) is 0 Å². The number of rotatable bonds is 4. The Morgan fingerprint density at radius 1 is 0.370 bits per heavy atom. The van der Waals surface area contributed by atoms with Crippen molar-refractivity contribution in [2.45, 2.75) is 0 Å². The molecule has 5 nitrogen and oxygen atoms in total. The minimum atomic E-state index is 0.777. The zero-order chi connectivity index (χ0) is 30.2. The Morgan fingerprint density at radius 3 is 1.30 bits per heavy atom. The van der Waals surface area contributed by atoms with E-state index in [9.17, 15) is 0 Å². The maximum absolute atomic E-state index is 6.28. The van der Waals surface area contributed by atoms with E-state index in [4.69, 9.17) is 18.2 Å². The number of benzene rings is 6. The number of hydrogen-bond acceptors (Lipinski definition) is 5. The molecule has 0 unspecified atom stereocenters. The normalized spacial score (nSPS) is 11.9. The van der Waals surface area contributed by atoms with E-state index in [1.54, 1.807) is 0 Å². The molecule has 0 bridgehead atoms. The predicted molar refractivity (Wildman–Crippen MR) is 186 cm³/mol. The molecule has 5 heteroatoms. The summed E-state index contributed by atoms with van der Waals surface area (Å²) in [5.74, 6) is 0.777. The number of pyridine rings is 1. The standard InChI is InChI=1S/C41H24N2O3/c1-4-10-35-29(7-1)32-17-13-25(21-38(32)44-35)26-14-20-41(42-24-26)43(27-15-18-33-30-8-2-5-11-36(30)45-39(33)22-27)28-16-19-34-31-9-3-6-12-37(31)46-40(34)23-28/h1-24H. The van der Waals surface area contributed by atoms with E-state index in [0.29, 0.717) is 0 Å². The molecule has 0 atom stereocenters. The molecule has 4 heterocycles. The molecule has 0 aliphatic rings. The third kappa shape index (κ3) is 3.79. The third-order valence-electron chi connectivity index (χ3n) is 8.93. The Morgan fingerprint density at radius 2 is 0.804 bits per heavy atom. The maximum Gasteiger partial charge on any atom is 0.137 e. The van der Waals surface area contributed by atoms with E-state index in [2.05, 4.69) is 89.8 Å². The number of anilines is 3. The molecule has 4 aromatic heterocycles. The molecule has 0 aliphatic carbocycles. The van der Waals surface area contributed by atoms with Crippen molar-refractivity contribution in [1.29, 1.82) is 0 Å². The molecule has 10 aromatic rings. The van der Waals surface area contributed by atoms with Gasteiger partial charge in [0.1, 0.15) is 39.3 Å². The number of hydrogen-bond donors (Lipinski definition) is 0. The van der Waals surface area contributed by atoms with Crippen LogP contribution in [0, 0.1) is 0 Å². The lowest BCUT2D eigenvalue weighted by Gasteiger charge is -2.24. The monoisotopic (exact) mass is 592 g/mol. The predicted octanol–water partition coefficient (Wildman–Crippen LogP) is 11.9. The summed E-state index contributed by atoms with van der Waals surface area (Å²) in [5, 5.41) is 6.59. The van der Waals surface area contributed by atoms with Crippen molar-refractivity contribution in [3.05, 3.63) is 146 Å². The summed E-state index contributed by atoms with van der Waals surface area (Å²) in [7, 11) is 0. The van der Waals surface area contributed by atoms with Crippen molar-refractivity contribution in [2.75, 3.05) is 4.90 Å². The quantitative estimate of drug-likeness (QED) is 0.203. The first kappa shape index (κ1) is 25.0. The van der Waals surface area contributed by atoms with E-state index in [1.807, 2.05) is 60.8 Å². The Labute approximate surface area is 262 Å². The van der Waals surface area contributed by atoms with Gasteiger partial charge in [0.25, 0.3) is 0 Å². The van der Waals surface area contributed by atoms with Gasteiger partial charge >= 0.3 is 0 Å². The van der Waals surface area contributed by atoms with Crippen LogP contribution in [-0.2, 0) is 0 Å². The van der Waals surface area contributed by atoms with Gasteiger partial charge in [0, 0.05) is 56.2 Å². The van der Waals surface area contributed by atoms with Crippen LogP contribution in [0.5, 0.6) is 0 Å². The van der Waals surface area contributed by atoms with Crippen LogP contribution in [-0.4, -0.2) is 4.98 Å². The molecule has 0 amide bonds. The summed E-state index contributed by atoms with van der Waals surface area (Å²) < 4.78 is 18.7. The summed E-state index contributed by atoms with van der Waals surface area (Å²) in [6, 6.07) is 47.6. The van der Waals surface area contributed by atoms with Crippen molar-refractivity contribution >= 4 is 83.0 Å². The lowest BCUT2D eigenvalue weighted by molar-refractivity contribution is 0.668. The van der Waals surface area contributed by atoms with E-state index < -0.39 is 0 Å². The second-order valence-electron chi connectivity index (χ2n) is 11.6. The summed E-state index contributed by atoms with van der Waals surface area (Å²) in [5.41, 5.74) is 9.06. The molecule has 0 saturated carbocycles. The average Bonchev–Trinajstić information content (AvgIpc) is 3.79. The van der Waals surface area contributed by atoms with Gasteiger partial charge in [0.05, 0.1) is 11.4 Å². The SMILES string of the molecule is c1ccc2c(c1)oc1cc(-c3ccc(N(c4ccc5c(c4)oc4ccccc45)c4ccc5c(c4)oc4ccccc45)nc3)ccc12. The van der Waals surface area contributed by atoms with Crippen LogP contribution in [0.4, 0.5) is 17.2 Å². The van der Waals surface area contributed by atoms with Crippen molar-refractivity contribution in [2.24, 2.45) is 0 Å². The Bertz CT molecular complexity index is 2650. The second kappa shape index (κ2) is 9.58. The lowest BCUT2D eigenvalue weighted by atomic mass is 10.0. The number of furan rings is 3. The van der Waals surface area contributed by atoms with Gasteiger partial charge in [-0.3, -0.25) is 4.90 Å². The molecule has 0 saturated heterocycles. The Kier molecular flexibility index (Phi) is 5.22. The highest BCUT2D eigenvalue weighted by molar-refractivity contribution is 6.08. The van der Waals surface area contributed by atoms with Crippen molar-refractivity contribution in [3.8, 4) is 11.1 Å². The van der Waals surface area contributed by atoms with Gasteiger partial charge < -0.3 is 13.3 Å². The number of nitrogens with zero attached hydrogens (tertiary/aromatic N) is 2. The number of fused-ring (bicyclic) bond motifs is 9. The molecule has 0 aliphatic heterocycles. The van der Waals surface area contributed by atoms with Gasteiger partial charge in [-0.15, -0.1) is 0 Å². The summed E-state index contributed by atoms with van der Waals surface area (Å²) in [4.78, 5) is 7.16. The van der Waals surface area contributed by atoms with E-state index in [1.165, 1.54) is 0 Å². The molecule has 6 aromatic carbocycles. The topological polar surface area (TPSA) is 55.6 Å². The second-order valence-corrected chi connectivity index (χ2v) is 11.6. The first-order valence-electron chi connectivity index (χ1n) is 15.3. The average molecular weight is 593 g/mol. The van der Waals surface area contributed by atoms with Gasteiger partial charge in [0.2, 0.25) is 0 Å². The fourth-order valence-electron chi connectivity index (χ4n) is 6.72. The first-order valence-corrected chi connectivity index (χ1v) is 15.3. The lowest BCUT2D eigenvalue weighted by Crippen LogP contribution is -2.11. The van der Waals surface area contributed by atoms with Crippen molar-refractivity contribution < 1.29 is 13.3 Å². The van der Waals surface area contributed by atoms with Crippen LogP contribution >= 0.6 is 0 Å². The van der Waals surface area contributed by atoms with Crippen LogP contribution in [0.15, 0.2) is 159 Å². The molecule has 216 valence electrons. The Balaban J connectivity index is 1.11. The van der Waals surface area contributed by atoms with Crippen LogP contribution in [0.2, 0.25) is 0 Å². The summed E-state index contributed by atoms with van der Waals surface area (Å²) >= 11 is 0. The van der Waals surface area contributed by atoms with E-state index in [0.717, 1.165) is 94.1 Å². The zero-order valence-electron chi connectivity index (χ0n) is 24.5. The van der Waals surface area contributed by atoms with Gasteiger partial charge in [-0.05, 0) is 72.3 Å². The molecular formula is C41H24N2O3. The molecule has 0 N–H and O–H groups in total. The molecular weight excluding hydrogens is 568 g/mol. The summed E-state index contributed by atoms with van der Waals surface area (Å²) in [6.07, 6.45) is 1.92. The number of aromatic nitrogens is 1. The first-order chi connectivity index (χ1) is 22.8. The molecule has 46 heavy (non-hydrogen) atoms. The largest absolute Gasteiger partial charge is 0.456 e. The van der Waals surface area contributed by atoms with Gasteiger partial charge in [-0.1, -0.05) is 60.7 Å². The van der Waals surface area contributed by atoms with Crippen LogP contribution in [0.3, 0.4) is 0 Å². The molecule has 10 rings (SSSR count). The van der Waals surface area contributed by atoms with Crippen LogP contribution in [0.1, 0.15) is 0 Å². The van der Waals surface area contributed by atoms with E-state index >= 15 is 0 Å². The van der Waals surface area contributed by atoms with Crippen molar-refractivity contribution in [1.82, 2.24) is 4.98 Å². The fraction of sp³-hybridized carbons (Fsp3) is 0. The molecule has 0 spiro atoms. The van der Waals surface area contributed by atoms with Crippen LogP contribution < -0.4 is 4.90 Å². The molecule has 0 radical (unpaired) electrons. The van der Waals surface area contributed by atoms with E-state index in [-0.39, 0.29) is 0 Å². The van der Waals surface area contributed by atoms with Gasteiger partial charge in [0.15, 0.2) is 0 Å². The highest BCUT2D eigenvalue weighted by atomic mass is 16.3. The Hall–Kier alpha value is -6.33. The number of para-hydroxylation sites is 3. The third-order valence-corrected chi connectivity index (χ3v) is 8.93. The van der Waals surface area contributed by atoms with Crippen molar-refractivity contribution in [3.63, 3.8) is 0 Å².